The average Bonchev–Trinajstić information content (AvgIpc) is 2.97. The summed E-state index contributed by atoms with van der Waals surface area (Å²) in [5.74, 6) is 0.669. The van der Waals surface area contributed by atoms with Gasteiger partial charge in [-0.2, -0.15) is 0 Å². The first kappa shape index (κ1) is 15.1. The standard InChI is InChI=1S/C14H19N5O2/c1-10(20)17-12(6-2-3-7-15)14-19-18-13(21-14)11-5-4-8-16-9-11/h4-5,8-9,12H,2-3,6-7,15H2,1H3,(H,17,20)/t12-/m0/s1. The quantitative estimate of drug-likeness (QED) is 0.747. The van der Waals surface area contributed by atoms with Crippen LogP contribution in [0.1, 0.15) is 38.1 Å². The van der Waals surface area contributed by atoms with Crippen LogP contribution in [0.4, 0.5) is 0 Å². The highest BCUT2D eigenvalue weighted by Gasteiger charge is 2.19. The van der Waals surface area contributed by atoms with Crippen LogP contribution in [0.25, 0.3) is 11.5 Å². The SMILES string of the molecule is CC(=O)N[C@@H](CCCCN)c1nnc(-c2cccnc2)o1. The maximum Gasteiger partial charge on any atom is 0.249 e. The summed E-state index contributed by atoms with van der Waals surface area (Å²) in [6, 6.07) is 3.35. The Kier molecular flexibility index (Phi) is 5.39. The van der Waals surface area contributed by atoms with Crippen molar-refractivity contribution in [2.45, 2.75) is 32.2 Å². The highest BCUT2D eigenvalue weighted by molar-refractivity contribution is 5.73. The lowest BCUT2D eigenvalue weighted by atomic mass is 10.1. The van der Waals surface area contributed by atoms with Crippen LogP contribution in [0.3, 0.4) is 0 Å². The Morgan fingerprint density at radius 3 is 2.95 bits per heavy atom. The summed E-state index contributed by atoms with van der Waals surface area (Å²) in [7, 11) is 0. The molecule has 0 radical (unpaired) electrons. The van der Waals surface area contributed by atoms with Crippen molar-refractivity contribution in [2.24, 2.45) is 5.73 Å². The fourth-order valence-electron chi connectivity index (χ4n) is 1.98. The molecule has 2 rings (SSSR count). The van der Waals surface area contributed by atoms with E-state index in [1.165, 1.54) is 6.92 Å². The Morgan fingerprint density at radius 2 is 2.29 bits per heavy atom. The predicted molar refractivity (Wildman–Crippen MR) is 77.0 cm³/mol. The van der Waals surface area contributed by atoms with E-state index in [2.05, 4.69) is 20.5 Å². The molecule has 21 heavy (non-hydrogen) atoms. The summed E-state index contributed by atoms with van der Waals surface area (Å²) in [6.07, 6.45) is 5.81. The second-order valence-corrected chi connectivity index (χ2v) is 4.72. The molecule has 0 unspecified atom stereocenters. The molecule has 2 heterocycles. The summed E-state index contributed by atoms with van der Waals surface area (Å²) >= 11 is 0. The number of amides is 1. The van der Waals surface area contributed by atoms with E-state index in [4.69, 9.17) is 10.2 Å². The van der Waals surface area contributed by atoms with E-state index in [1.807, 2.05) is 6.07 Å². The fourth-order valence-corrected chi connectivity index (χ4v) is 1.98. The van der Waals surface area contributed by atoms with Gasteiger partial charge in [-0.15, -0.1) is 10.2 Å². The van der Waals surface area contributed by atoms with Crippen molar-refractivity contribution in [3.05, 3.63) is 30.4 Å². The smallest absolute Gasteiger partial charge is 0.249 e. The maximum absolute atomic E-state index is 11.3. The Balaban J connectivity index is 2.12. The van der Waals surface area contributed by atoms with Crippen LogP contribution in [-0.2, 0) is 4.79 Å². The number of hydrogen-bond acceptors (Lipinski definition) is 6. The third kappa shape index (κ3) is 4.35. The number of hydrogen-bond donors (Lipinski definition) is 2. The van der Waals surface area contributed by atoms with E-state index in [9.17, 15) is 4.79 Å². The number of rotatable bonds is 7. The summed E-state index contributed by atoms with van der Waals surface area (Å²) in [6.45, 7) is 2.09. The normalized spacial score (nSPS) is 12.1. The van der Waals surface area contributed by atoms with Gasteiger partial charge in [0.25, 0.3) is 0 Å². The average molecular weight is 289 g/mol. The van der Waals surface area contributed by atoms with Gasteiger partial charge < -0.3 is 15.5 Å². The predicted octanol–water partition coefficient (Wildman–Crippen LogP) is 1.44. The van der Waals surface area contributed by atoms with Gasteiger partial charge in [-0.05, 0) is 37.9 Å². The molecule has 0 saturated heterocycles. The monoisotopic (exact) mass is 289 g/mol. The largest absolute Gasteiger partial charge is 0.418 e. The lowest BCUT2D eigenvalue weighted by molar-refractivity contribution is -0.119. The van der Waals surface area contributed by atoms with Crippen molar-refractivity contribution >= 4 is 5.91 Å². The fraction of sp³-hybridized carbons (Fsp3) is 0.429. The zero-order chi connectivity index (χ0) is 15.1. The number of pyridine rings is 1. The van der Waals surface area contributed by atoms with E-state index in [-0.39, 0.29) is 11.9 Å². The number of carbonyl (C=O) groups excluding carboxylic acids is 1. The second-order valence-electron chi connectivity index (χ2n) is 4.72. The number of carbonyl (C=O) groups is 1. The molecule has 0 aliphatic carbocycles. The third-order valence-electron chi connectivity index (χ3n) is 2.97. The molecule has 7 nitrogen and oxygen atoms in total. The molecule has 2 aromatic rings. The molecule has 0 aliphatic heterocycles. The van der Waals surface area contributed by atoms with Crippen LogP contribution in [0.15, 0.2) is 28.9 Å². The number of unbranched alkanes of at least 4 members (excludes halogenated alkanes) is 1. The molecule has 0 aliphatic rings. The van der Waals surface area contributed by atoms with E-state index in [0.717, 1.165) is 18.4 Å². The summed E-state index contributed by atoms with van der Waals surface area (Å²) in [4.78, 5) is 15.3. The zero-order valence-corrected chi connectivity index (χ0v) is 12.0. The van der Waals surface area contributed by atoms with Crippen LogP contribution in [-0.4, -0.2) is 27.6 Å². The highest BCUT2D eigenvalue weighted by Crippen LogP contribution is 2.22. The van der Waals surface area contributed by atoms with E-state index in [0.29, 0.717) is 24.7 Å². The molecule has 0 fully saturated rings. The van der Waals surface area contributed by atoms with Crippen molar-refractivity contribution in [2.75, 3.05) is 6.54 Å². The molecule has 0 aromatic carbocycles. The van der Waals surface area contributed by atoms with Crippen molar-refractivity contribution in [1.82, 2.24) is 20.5 Å². The van der Waals surface area contributed by atoms with Gasteiger partial charge >= 0.3 is 0 Å². The lowest BCUT2D eigenvalue weighted by Crippen LogP contribution is -2.26. The molecular weight excluding hydrogens is 270 g/mol. The Labute approximate surface area is 123 Å². The molecule has 7 heteroatoms. The molecular formula is C14H19N5O2. The van der Waals surface area contributed by atoms with Crippen LogP contribution < -0.4 is 11.1 Å². The van der Waals surface area contributed by atoms with Crippen molar-refractivity contribution in [3.8, 4) is 11.5 Å². The van der Waals surface area contributed by atoms with Crippen molar-refractivity contribution < 1.29 is 9.21 Å². The Hall–Kier alpha value is -2.28. The van der Waals surface area contributed by atoms with Gasteiger partial charge in [0.1, 0.15) is 6.04 Å². The highest BCUT2D eigenvalue weighted by atomic mass is 16.4. The van der Waals surface area contributed by atoms with E-state index < -0.39 is 0 Å². The molecule has 1 atom stereocenters. The van der Waals surface area contributed by atoms with Crippen molar-refractivity contribution in [3.63, 3.8) is 0 Å². The van der Waals surface area contributed by atoms with Crippen LogP contribution in [0.2, 0.25) is 0 Å². The summed E-state index contributed by atoms with van der Waals surface area (Å²) in [5.41, 5.74) is 6.24. The molecule has 0 bridgehead atoms. The second kappa shape index (κ2) is 7.49. The van der Waals surface area contributed by atoms with Crippen LogP contribution >= 0.6 is 0 Å². The van der Waals surface area contributed by atoms with Gasteiger partial charge in [-0.1, -0.05) is 0 Å². The third-order valence-corrected chi connectivity index (χ3v) is 2.97. The molecule has 0 spiro atoms. The van der Waals surface area contributed by atoms with Gasteiger partial charge in [0.2, 0.25) is 17.7 Å². The number of nitrogens with two attached hydrogens (primary N) is 1. The van der Waals surface area contributed by atoms with Gasteiger partial charge in [0.15, 0.2) is 0 Å². The lowest BCUT2D eigenvalue weighted by Gasteiger charge is -2.13. The molecule has 3 N–H and O–H groups in total. The summed E-state index contributed by atoms with van der Waals surface area (Å²) < 4.78 is 5.66. The number of nitrogens with one attached hydrogen (secondary N) is 1. The maximum atomic E-state index is 11.3. The minimum atomic E-state index is -0.285. The van der Waals surface area contributed by atoms with Crippen molar-refractivity contribution in [1.29, 1.82) is 0 Å². The first-order valence-electron chi connectivity index (χ1n) is 6.91. The zero-order valence-electron chi connectivity index (χ0n) is 12.0. The first-order valence-corrected chi connectivity index (χ1v) is 6.91. The molecule has 112 valence electrons. The van der Waals surface area contributed by atoms with Gasteiger partial charge in [-0.25, -0.2) is 0 Å². The van der Waals surface area contributed by atoms with E-state index >= 15 is 0 Å². The summed E-state index contributed by atoms with van der Waals surface area (Å²) in [5, 5.41) is 10.9. The van der Waals surface area contributed by atoms with Crippen LogP contribution in [0, 0.1) is 0 Å². The van der Waals surface area contributed by atoms with Gasteiger partial charge in [0, 0.05) is 19.3 Å². The molecule has 2 aromatic heterocycles. The first-order chi connectivity index (χ1) is 10.2. The van der Waals surface area contributed by atoms with E-state index in [1.54, 1.807) is 18.5 Å². The topological polar surface area (TPSA) is 107 Å². The Bertz CT molecular complexity index is 570. The molecule has 0 saturated carbocycles. The van der Waals surface area contributed by atoms with Gasteiger partial charge in [0.05, 0.1) is 5.56 Å². The number of nitrogens with zero attached hydrogens (tertiary/aromatic N) is 3. The minimum absolute atomic E-state index is 0.131. The van der Waals surface area contributed by atoms with Crippen LogP contribution in [0.5, 0.6) is 0 Å². The van der Waals surface area contributed by atoms with Gasteiger partial charge in [-0.3, -0.25) is 9.78 Å². The Morgan fingerprint density at radius 1 is 1.43 bits per heavy atom. The minimum Gasteiger partial charge on any atom is -0.418 e. The molecule has 1 amide bonds. The number of aromatic nitrogens is 3.